The molecule has 112 valence electrons. The lowest BCUT2D eigenvalue weighted by molar-refractivity contribution is 0.407. The molecule has 0 amide bonds. The Morgan fingerprint density at radius 1 is 1.29 bits per heavy atom. The minimum Gasteiger partial charge on any atom is -0.496 e. The Hall–Kier alpha value is -1.81. The van der Waals surface area contributed by atoms with E-state index in [2.05, 4.69) is 42.6 Å². The molecule has 1 aromatic carbocycles. The standard InChI is InChI=1S/C17H23N3O/c1-12-4-7-17(21-3)14(8-12)10-20-11-15(13(2)19-20)9-18-16-5-6-16/h4,7-8,11,16,18H,5-6,9-10H2,1-3H3. The Bertz CT molecular complexity index is 629. The molecule has 1 saturated carbocycles. The van der Waals surface area contributed by atoms with E-state index in [4.69, 9.17) is 4.74 Å². The monoisotopic (exact) mass is 285 g/mol. The van der Waals surface area contributed by atoms with Crippen molar-refractivity contribution in [2.45, 2.75) is 45.8 Å². The fourth-order valence-electron chi connectivity index (χ4n) is 2.56. The van der Waals surface area contributed by atoms with Crippen molar-refractivity contribution >= 4 is 0 Å². The van der Waals surface area contributed by atoms with Crippen LogP contribution in [-0.4, -0.2) is 22.9 Å². The highest BCUT2D eigenvalue weighted by Gasteiger charge is 2.20. The summed E-state index contributed by atoms with van der Waals surface area (Å²) >= 11 is 0. The van der Waals surface area contributed by atoms with Crippen LogP contribution in [0.15, 0.2) is 24.4 Å². The van der Waals surface area contributed by atoms with E-state index in [-0.39, 0.29) is 0 Å². The van der Waals surface area contributed by atoms with E-state index in [1.807, 2.05) is 10.7 Å². The summed E-state index contributed by atoms with van der Waals surface area (Å²) in [5.74, 6) is 0.923. The molecule has 0 unspecified atom stereocenters. The Morgan fingerprint density at radius 3 is 2.81 bits per heavy atom. The maximum absolute atomic E-state index is 5.44. The first-order valence-electron chi connectivity index (χ1n) is 7.55. The highest BCUT2D eigenvalue weighted by Crippen LogP contribution is 2.22. The normalized spacial score (nSPS) is 14.4. The van der Waals surface area contributed by atoms with Crippen LogP contribution in [0.4, 0.5) is 0 Å². The molecule has 2 aromatic rings. The van der Waals surface area contributed by atoms with Crippen LogP contribution in [0, 0.1) is 13.8 Å². The molecule has 0 radical (unpaired) electrons. The number of aryl methyl sites for hydroxylation is 2. The zero-order valence-electron chi connectivity index (χ0n) is 13.0. The van der Waals surface area contributed by atoms with Crippen molar-refractivity contribution in [3.63, 3.8) is 0 Å². The lowest BCUT2D eigenvalue weighted by atomic mass is 10.1. The average molecular weight is 285 g/mol. The molecule has 0 aliphatic heterocycles. The second-order valence-corrected chi connectivity index (χ2v) is 5.91. The summed E-state index contributed by atoms with van der Waals surface area (Å²) in [7, 11) is 1.72. The summed E-state index contributed by atoms with van der Waals surface area (Å²) in [6.45, 7) is 5.84. The first-order valence-corrected chi connectivity index (χ1v) is 7.55. The summed E-state index contributed by atoms with van der Waals surface area (Å²) in [6, 6.07) is 6.99. The number of rotatable bonds is 6. The van der Waals surface area contributed by atoms with Gasteiger partial charge in [-0.3, -0.25) is 4.68 Å². The van der Waals surface area contributed by atoms with Gasteiger partial charge in [-0.05, 0) is 32.8 Å². The quantitative estimate of drug-likeness (QED) is 0.887. The number of ether oxygens (including phenoxy) is 1. The Morgan fingerprint density at radius 2 is 2.10 bits per heavy atom. The second kappa shape index (κ2) is 5.90. The van der Waals surface area contributed by atoms with Gasteiger partial charge in [-0.25, -0.2) is 0 Å². The van der Waals surface area contributed by atoms with E-state index >= 15 is 0 Å². The van der Waals surface area contributed by atoms with Crippen molar-refractivity contribution < 1.29 is 4.74 Å². The van der Waals surface area contributed by atoms with Crippen LogP contribution in [0.2, 0.25) is 0 Å². The van der Waals surface area contributed by atoms with E-state index in [0.29, 0.717) is 0 Å². The van der Waals surface area contributed by atoms with Crippen LogP contribution < -0.4 is 10.1 Å². The van der Waals surface area contributed by atoms with Crippen molar-refractivity contribution in [1.29, 1.82) is 0 Å². The number of nitrogens with zero attached hydrogens (tertiary/aromatic N) is 2. The van der Waals surface area contributed by atoms with E-state index in [9.17, 15) is 0 Å². The molecule has 21 heavy (non-hydrogen) atoms. The molecule has 4 nitrogen and oxygen atoms in total. The fourth-order valence-corrected chi connectivity index (χ4v) is 2.56. The van der Waals surface area contributed by atoms with Crippen LogP contribution in [0.5, 0.6) is 5.75 Å². The van der Waals surface area contributed by atoms with Crippen LogP contribution in [0.1, 0.15) is 35.2 Å². The van der Waals surface area contributed by atoms with Gasteiger partial charge in [0.2, 0.25) is 0 Å². The van der Waals surface area contributed by atoms with Gasteiger partial charge in [0.25, 0.3) is 0 Å². The van der Waals surface area contributed by atoms with Gasteiger partial charge >= 0.3 is 0 Å². The molecule has 0 bridgehead atoms. The summed E-state index contributed by atoms with van der Waals surface area (Å²) in [6.07, 6.45) is 4.77. The topological polar surface area (TPSA) is 39.1 Å². The van der Waals surface area contributed by atoms with E-state index in [1.165, 1.54) is 29.5 Å². The van der Waals surface area contributed by atoms with E-state index in [1.54, 1.807) is 7.11 Å². The molecule has 1 aliphatic rings. The first kappa shape index (κ1) is 14.1. The maximum Gasteiger partial charge on any atom is 0.123 e. The lowest BCUT2D eigenvalue weighted by Gasteiger charge is -2.09. The molecule has 3 rings (SSSR count). The number of benzene rings is 1. The molecule has 0 spiro atoms. The Balaban J connectivity index is 1.75. The number of nitrogens with one attached hydrogen (secondary N) is 1. The van der Waals surface area contributed by atoms with Crippen LogP contribution in [0.25, 0.3) is 0 Å². The highest BCUT2D eigenvalue weighted by atomic mass is 16.5. The third kappa shape index (κ3) is 3.45. The fraction of sp³-hybridized carbons (Fsp3) is 0.471. The Labute approximate surface area is 126 Å². The summed E-state index contributed by atoms with van der Waals surface area (Å²) < 4.78 is 7.45. The van der Waals surface area contributed by atoms with Gasteiger partial charge in [0.1, 0.15) is 5.75 Å². The van der Waals surface area contributed by atoms with E-state index in [0.717, 1.165) is 30.6 Å². The maximum atomic E-state index is 5.44. The van der Waals surface area contributed by atoms with Crippen molar-refractivity contribution in [3.05, 3.63) is 46.8 Å². The van der Waals surface area contributed by atoms with Gasteiger partial charge in [-0.2, -0.15) is 5.10 Å². The predicted molar refractivity (Wildman–Crippen MR) is 83.7 cm³/mol. The van der Waals surface area contributed by atoms with Gasteiger partial charge in [-0.1, -0.05) is 17.7 Å². The molecule has 1 N–H and O–H groups in total. The van der Waals surface area contributed by atoms with Gasteiger partial charge in [-0.15, -0.1) is 0 Å². The summed E-state index contributed by atoms with van der Waals surface area (Å²) in [5, 5.41) is 8.18. The highest BCUT2D eigenvalue weighted by molar-refractivity contribution is 5.37. The van der Waals surface area contributed by atoms with Crippen LogP contribution in [0.3, 0.4) is 0 Å². The van der Waals surface area contributed by atoms with Gasteiger partial charge in [0.05, 0.1) is 19.3 Å². The molecule has 0 saturated heterocycles. The number of aromatic nitrogens is 2. The number of hydrogen-bond donors (Lipinski definition) is 1. The smallest absolute Gasteiger partial charge is 0.123 e. The van der Waals surface area contributed by atoms with Crippen molar-refractivity contribution in [3.8, 4) is 5.75 Å². The molecule has 0 atom stereocenters. The SMILES string of the molecule is COc1ccc(C)cc1Cn1cc(CNC2CC2)c(C)n1. The van der Waals surface area contributed by atoms with Crippen LogP contribution >= 0.6 is 0 Å². The number of methoxy groups -OCH3 is 1. The first-order chi connectivity index (χ1) is 10.2. The minimum atomic E-state index is 0.726. The van der Waals surface area contributed by atoms with Gasteiger partial charge in [0.15, 0.2) is 0 Å². The molecular formula is C17H23N3O. The average Bonchev–Trinajstić information content (AvgIpc) is 3.21. The largest absolute Gasteiger partial charge is 0.496 e. The minimum absolute atomic E-state index is 0.726. The summed E-state index contributed by atoms with van der Waals surface area (Å²) in [5.41, 5.74) is 4.80. The van der Waals surface area contributed by atoms with Gasteiger partial charge < -0.3 is 10.1 Å². The van der Waals surface area contributed by atoms with Crippen molar-refractivity contribution in [2.24, 2.45) is 0 Å². The molecule has 1 fully saturated rings. The second-order valence-electron chi connectivity index (χ2n) is 5.91. The van der Waals surface area contributed by atoms with Gasteiger partial charge in [0, 0.05) is 29.9 Å². The third-order valence-electron chi connectivity index (χ3n) is 3.97. The molecule has 4 heteroatoms. The Kier molecular flexibility index (Phi) is 3.97. The van der Waals surface area contributed by atoms with E-state index < -0.39 is 0 Å². The lowest BCUT2D eigenvalue weighted by Crippen LogP contribution is -2.15. The molecule has 1 aliphatic carbocycles. The van der Waals surface area contributed by atoms with Crippen LogP contribution in [-0.2, 0) is 13.1 Å². The zero-order valence-corrected chi connectivity index (χ0v) is 13.0. The molecular weight excluding hydrogens is 262 g/mol. The summed E-state index contributed by atoms with van der Waals surface area (Å²) in [4.78, 5) is 0. The van der Waals surface area contributed by atoms with Crippen molar-refractivity contribution in [2.75, 3.05) is 7.11 Å². The molecule has 1 aromatic heterocycles. The van der Waals surface area contributed by atoms with Crippen molar-refractivity contribution in [1.82, 2.24) is 15.1 Å². The zero-order chi connectivity index (χ0) is 14.8. The number of hydrogen-bond acceptors (Lipinski definition) is 3. The molecule has 1 heterocycles. The third-order valence-corrected chi connectivity index (χ3v) is 3.97. The predicted octanol–water partition coefficient (Wildman–Crippen LogP) is 2.81.